The molecule has 0 fully saturated rings. The van der Waals surface area contributed by atoms with Gasteiger partial charge in [0.1, 0.15) is 11.9 Å². The van der Waals surface area contributed by atoms with Crippen LogP contribution in [-0.4, -0.2) is 40.9 Å². The number of ether oxygens (including phenoxy) is 1. The average molecular weight is 310 g/mol. The van der Waals surface area contributed by atoms with Gasteiger partial charge in [0, 0.05) is 5.54 Å². The number of hydrogen-bond acceptors (Lipinski definition) is 4. The van der Waals surface area contributed by atoms with E-state index in [-0.39, 0.29) is 0 Å². The van der Waals surface area contributed by atoms with E-state index in [1.54, 1.807) is 45.0 Å². The SMILES string of the molecule is COc1ccc(C(O)C(NC(=O)NC(C)(C)C)C(=O)O)cc1. The highest BCUT2D eigenvalue weighted by Crippen LogP contribution is 2.20. The predicted molar refractivity (Wildman–Crippen MR) is 80.8 cm³/mol. The van der Waals surface area contributed by atoms with E-state index in [1.807, 2.05) is 0 Å². The van der Waals surface area contributed by atoms with Gasteiger partial charge in [0.25, 0.3) is 0 Å². The van der Waals surface area contributed by atoms with E-state index in [1.165, 1.54) is 7.11 Å². The summed E-state index contributed by atoms with van der Waals surface area (Å²) >= 11 is 0. The molecule has 2 atom stereocenters. The molecule has 0 saturated carbocycles. The molecule has 0 bridgehead atoms. The standard InChI is InChI=1S/C15H22N2O5/c1-15(2,3)17-14(21)16-11(13(19)20)12(18)9-5-7-10(22-4)8-6-9/h5-8,11-12,18H,1-4H3,(H,19,20)(H2,16,17,21). The second-order valence-corrected chi connectivity index (χ2v) is 5.88. The van der Waals surface area contributed by atoms with E-state index in [4.69, 9.17) is 4.74 Å². The lowest BCUT2D eigenvalue weighted by Crippen LogP contribution is -2.53. The first kappa shape index (κ1) is 17.8. The number of aliphatic hydroxyl groups is 1. The zero-order valence-electron chi connectivity index (χ0n) is 13.1. The van der Waals surface area contributed by atoms with Gasteiger partial charge in [-0.25, -0.2) is 9.59 Å². The molecule has 2 unspecified atom stereocenters. The highest BCUT2D eigenvalue weighted by atomic mass is 16.5. The van der Waals surface area contributed by atoms with Gasteiger partial charge in [-0.05, 0) is 38.5 Å². The third kappa shape index (κ3) is 5.25. The van der Waals surface area contributed by atoms with Crippen LogP contribution >= 0.6 is 0 Å². The first-order chi connectivity index (χ1) is 10.1. The Hall–Kier alpha value is -2.28. The molecule has 0 radical (unpaired) electrons. The number of methoxy groups -OCH3 is 1. The van der Waals surface area contributed by atoms with Crippen LogP contribution in [0.1, 0.15) is 32.4 Å². The molecule has 2 amide bonds. The first-order valence-corrected chi connectivity index (χ1v) is 6.77. The minimum absolute atomic E-state index is 0.365. The number of amides is 2. The van der Waals surface area contributed by atoms with Crippen LogP contribution in [-0.2, 0) is 4.79 Å². The molecule has 22 heavy (non-hydrogen) atoms. The fourth-order valence-electron chi connectivity index (χ4n) is 1.79. The lowest BCUT2D eigenvalue weighted by Gasteiger charge is -2.25. The fraction of sp³-hybridized carbons (Fsp3) is 0.467. The first-order valence-electron chi connectivity index (χ1n) is 6.77. The van der Waals surface area contributed by atoms with Crippen LogP contribution in [0.4, 0.5) is 4.79 Å². The van der Waals surface area contributed by atoms with Crippen molar-refractivity contribution in [1.29, 1.82) is 0 Å². The van der Waals surface area contributed by atoms with Crippen LogP contribution in [0.5, 0.6) is 5.75 Å². The number of aliphatic hydroxyl groups excluding tert-OH is 1. The number of aliphatic carboxylic acids is 1. The van der Waals surface area contributed by atoms with E-state index in [9.17, 15) is 19.8 Å². The number of urea groups is 1. The highest BCUT2D eigenvalue weighted by Gasteiger charge is 2.30. The minimum Gasteiger partial charge on any atom is -0.497 e. The number of carboxylic acids is 1. The summed E-state index contributed by atoms with van der Waals surface area (Å²) in [6, 6.07) is 4.17. The second kappa shape index (κ2) is 7.13. The van der Waals surface area contributed by atoms with Gasteiger partial charge >= 0.3 is 12.0 Å². The smallest absolute Gasteiger partial charge is 0.329 e. The van der Waals surface area contributed by atoms with Crippen LogP contribution in [0.3, 0.4) is 0 Å². The Labute approximate surface area is 129 Å². The Kier molecular flexibility index (Phi) is 5.76. The largest absolute Gasteiger partial charge is 0.497 e. The van der Waals surface area contributed by atoms with Crippen LogP contribution in [0.2, 0.25) is 0 Å². The van der Waals surface area contributed by atoms with E-state index in [0.717, 1.165) is 0 Å². The Morgan fingerprint density at radius 1 is 1.18 bits per heavy atom. The monoisotopic (exact) mass is 310 g/mol. The number of carboxylic acid groups (broad SMARTS) is 1. The lowest BCUT2D eigenvalue weighted by molar-refractivity contribution is -0.142. The molecule has 0 aromatic heterocycles. The normalized spacial score (nSPS) is 13.9. The predicted octanol–water partition coefficient (Wildman–Crippen LogP) is 1.28. The van der Waals surface area contributed by atoms with Gasteiger partial charge in [0.2, 0.25) is 0 Å². The molecule has 7 nitrogen and oxygen atoms in total. The molecule has 1 rings (SSSR count). The lowest BCUT2D eigenvalue weighted by atomic mass is 10.0. The second-order valence-electron chi connectivity index (χ2n) is 5.88. The summed E-state index contributed by atoms with van der Waals surface area (Å²) in [5.41, 5.74) is -0.151. The van der Waals surface area contributed by atoms with E-state index in [2.05, 4.69) is 10.6 Å². The summed E-state index contributed by atoms with van der Waals surface area (Å²) < 4.78 is 5.00. The maximum Gasteiger partial charge on any atom is 0.329 e. The molecular formula is C15H22N2O5. The zero-order valence-corrected chi connectivity index (χ0v) is 13.1. The Balaban J connectivity index is 2.85. The summed E-state index contributed by atoms with van der Waals surface area (Å²) in [7, 11) is 1.50. The molecule has 0 spiro atoms. The molecule has 0 aliphatic heterocycles. The van der Waals surface area contributed by atoms with Gasteiger partial charge < -0.3 is 25.6 Å². The van der Waals surface area contributed by atoms with Crippen molar-refractivity contribution in [3.05, 3.63) is 29.8 Å². The number of benzene rings is 1. The number of carbonyl (C=O) groups excluding carboxylic acids is 1. The third-order valence-corrected chi connectivity index (χ3v) is 2.81. The van der Waals surface area contributed by atoms with Crippen LogP contribution < -0.4 is 15.4 Å². The Morgan fingerprint density at radius 2 is 1.73 bits per heavy atom. The van der Waals surface area contributed by atoms with Crippen LogP contribution in [0.25, 0.3) is 0 Å². The molecule has 0 aliphatic carbocycles. The van der Waals surface area contributed by atoms with Crippen molar-refractivity contribution in [3.8, 4) is 5.75 Å². The zero-order chi connectivity index (χ0) is 16.9. The number of carbonyl (C=O) groups is 2. The van der Waals surface area contributed by atoms with Gasteiger partial charge in [0.05, 0.1) is 7.11 Å². The third-order valence-electron chi connectivity index (χ3n) is 2.81. The molecule has 0 heterocycles. The summed E-state index contributed by atoms with van der Waals surface area (Å²) in [6.45, 7) is 5.30. The van der Waals surface area contributed by atoms with E-state index in [0.29, 0.717) is 11.3 Å². The quantitative estimate of drug-likeness (QED) is 0.655. The fourth-order valence-corrected chi connectivity index (χ4v) is 1.79. The molecule has 1 aromatic rings. The van der Waals surface area contributed by atoms with Gasteiger partial charge in [-0.15, -0.1) is 0 Å². The van der Waals surface area contributed by atoms with Crippen molar-refractivity contribution in [2.45, 2.75) is 38.5 Å². The molecule has 7 heteroatoms. The van der Waals surface area contributed by atoms with E-state index < -0.39 is 29.7 Å². The maximum absolute atomic E-state index is 11.8. The molecule has 0 saturated heterocycles. The number of nitrogens with one attached hydrogen (secondary N) is 2. The molecule has 122 valence electrons. The average Bonchev–Trinajstić information content (AvgIpc) is 2.42. The van der Waals surface area contributed by atoms with Gasteiger partial charge in [-0.1, -0.05) is 12.1 Å². The minimum atomic E-state index is -1.46. The highest BCUT2D eigenvalue weighted by molar-refractivity contribution is 5.83. The van der Waals surface area contributed by atoms with Crippen molar-refractivity contribution in [2.75, 3.05) is 7.11 Å². The van der Waals surface area contributed by atoms with E-state index >= 15 is 0 Å². The summed E-state index contributed by atoms with van der Waals surface area (Å²) in [5.74, 6) is -0.742. The van der Waals surface area contributed by atoms with Crippen molar-refractivity contribution >= 4 is 12.0 Å². The summed E-state index contributed by atoms with van der Waals surface area (Å²) in [5, 5.41) is 24.3. The topological polar surface area (TPSA) is 108 Å². The summed E-state index contributed by atoms with van der Waals surface area (Å²) in [6.07, 6.45) is -1.38. The molecule has 0 aliphatic rings. The molecule has 1 aromatic carbocycles. The van der Waals surface area contributed by atoms with Crippen LogP contribution in [0.15, 0.2) is 24.3 Å². The molecule has 4 N–H and O–H groups in total. The van der Waals surface area contributed by atoms with Crippen molar-refractivity contribution in [3.63, 3.8) is 0 Å². The Morgan fingerprint density at radius 3 is 2.14 bits per heavy atom. The van der Waals surface area contributed by atoms with Gasteiger partial charge in [-0.2, -0.15) is 0 Å². The van der Waals surface area contributed by atoms with Crippen molar-refractivity contribution in [1.82, 2.24) is 10.6 Å². The van der Waals surface area contributed by atoms with Gasteiger partial charge in [0.15, 0.2) is 6.04 Å². The van der Waals surface area contributed by atoms with Crippen molar-refractivity contribution in [2.24, 2.45) is 0 Å². The molecular weight excluding hydrogens is 288 g/mol. The number of rotatable bonds is 5. The number of hydrogen-bond donors (Lipinski definition) is 4. The van der Waals surface area contributed by atoms with Crippen LogP contribution in [0, 0.1) is 0 Å². The Bertz CT molecular complexity index is 522. The van der Waals surface area contributed by atoms with Crippen molar-refractivity contribution < 1.29 is 24.5 Å². The van der Waals surface area contributed by atoms with Gasteiger partial charge in [-0.3, -0.25) is 0 Å². The maximum atomic E-state index is 11.8. The summed E-state index contributed by atoms with van der Waals surface area (Å²) in [4.78, 5) is 23.1.